The number of ether oxygens (including phenoxy) is 1. The van der Waals surface area contributed by atoms with Crippen molar-refractivity contribution in [2.75, 3.05) is 0 Å². The van der Waals surface area contributed by atoms with Crippen LogP contribution in [0.5, 0.6) is 0 Å². The molecule has 12 heavy (non-hydrogen) atoms. The molecule has 2 aliphatic rings. The Labute approximate surface area is 72.3 Å². The van der Waals surface area contributed by atoms with Crippen molar-refractivity contribution in [3.8, 4) is 0 Å². The van der Waals surface area contributed by atoms with Crippen molar-refractivity contribution in [3.63, 3.8) is 0 Å². The Balaban J connectivity index is 2.33. The first-order valence-corrected chi connectivity index (χ1v) is 4.54. The molecule has 3 heteroatoms. The van der Waals surface area contributed by atoms with Gasteiger partial charge in [0.05, 0.1) is 11.2 Å². The molecular formula is C9H16O3. The molecule has 2 rings (SSSR count). The predicted molar refractivity (Wildman–Crippen MR) is 43.8 cm³/mol. The van der Waals surface area contributed by atoms with E-state index < -0.39 is 23.4 Å². The van der Waals surface area contributed by atoms with E-state index in [1.807, 2.05) is 13.8 Å². The smallest absolute Gasteiger partial charge is 0.111 e. The average Bonchev–Trinajstić information content (AvgIpc) is 2.10. The van der Waals surface area contributed by atoms with Gasteiger partial charge in [0.15, 0.2) is 0 Å². The van der Waals surface area contributed by atoms with Crippen LogP contribution < -0.4 is 0 Å². The number of aliphatic hydroxyl groups excluding tert-OH is 2. The zero-order valence-electron chi connectivity index (χ0n) is 7.58. The van der Waals surface area contributed by atoms with Gasteiger partial charge in [0.25, 0.3) is 0 Å². The molecule has 2 saturated heterocycles. The summed E-state index contributed by atoms with van der Waals surface area (Å²) in [6.07, 6.45) is 1.29. The van der Waals surface area contributed by atoms with E-state index in [4.69, 9.17) is 4.74 Å². The largest absolute Gasteiger partial charge is 0.387 e. The molecule has 0 spiro atoms. The number of fused-ring (bicyclic) bond motifs is 2. The summed E-state index contributed by atoms with van der Waals surface area (Å²) in [5.74, 6) is 0. The third kappa shape index (κ3) is 0.873. The second kappa shape index (κ2) is 2.22. The molecule has 2 unspecified atom stereocenters. The fourth-order valence-corrected chi connectivity index (χ4v) is 2.51. The number of aliphatic hydroxyl groups is 2. The van der Waals surface area contributed by atoms with Crippen LogP contribution in [0.4, 0.5) is 0 Å². The Morgan fingerprint density at radius 2 is 1.50 bits per heavy atom. The molecule has 2 bridgehead atoms. The zero-order valence-corrected chi connectivity index (χ0v) is 7.58. The van der Waals surface area contributed by atoms with Crippen molar-refractivity contribution in [2.45, 2.75) is 56.5 Å². The molecule has 2 heterocycles. The third-order valence-electron chi connectivity index (χ3n) is 3.36. The Morgan fingerprint density at radius 1 is 1.08 bits per heavy atom. The average molecular weight is 172 g/mol. The van der Waals surface area contributed by atoms with Crippen LogP contribution in [0.15, 0.2) is 0 Å². The van der Waals surface area contributed by atoms with E-state index in [9.17, 15) is 10.2 Å². The number of hydrogen-bond donors (Lipinski definition) is 2. The second-order valence-electron chi connectivity index (χ2n) is 4.47. The summed E-state index contributed by atoms with van der Waals surface area (Å²) in [6, 6.07) is 0. The molecule has 0 amide bonds. The molecule has 0 aromatic carbocycles. The van der Waals surface area contributed by atoms with Crippen LogP contribution in [0.1, 0.15) is 33.1 Å². The summed E-state index contributed by atoms with van der Waals surface area (Å²) >= 11 is 0. The van der Waals surface area contributed by atoms with Crippen molar-refractivity contribution < 1.29 is 14.9 Å². The van der Waals surface area contributed by atoms with E-state index in [-0.39, 0.29) is 0 Å². The fourth-order valence-electron chi connectivity index (χ4n) is 2.51. The lowest BCUT2D eigenvalue weighted by Crippen LogP contribution is -2.39. The van der Waals surface area contributed by atoms with Crippen LogP contribution in [0.25, 0.3) is 0 Å². The van der Waals surface area contributed by atoms with Gasteiger partial charge in [0, 0.05) is 0 Å². The van der Waals surface area contributed by atoms with Gasteiger partial charge < -0.3 is 14.9 Å². The number of hydrogen-bond acceptors (Lipinski definition) is 3. The van der Waals surface area contributed by atoms with E-state index >= 15 is 0 Å². The van der Waals surface area contributed by atoms with Gasteiger partial charge in [-0.25, -0.2) is 0 Å². The monoisotopic (exact) mass is 172 g/mol. The van der Waals surface area contributed by atoms with Crippen molar-refractivity contribution in [3.05, 3.63) is 0 Å². The highest BCUT2D eigenvalue weighted by molar-refractivity contribution is 5.08. The summed E-state index contributed by atoms with van der Waals surface area (Å²) in [4.78, 5) is 0. The standard InChI is InChI=1S/C9H16O3/c1-8-4-3-5-9(2,12-8)7(11)6(8)10/h6-7,10-11H,3-5H2,1-2H3/t6-,7?,8?,9-/m0/s1. The summed E-state index contributed by atoms with van der Waals surface area (Å²) in [5.41, 5.74) is -1.02. The van der Waals surface area contributed by atoms with Crippen molar-refractivity contribution >= 4 is 0 Å². The molecule has 0 aliphatic carbocycles. The third-order valence-corrected chi connectivity index (χ3v) is 3.36. The summed E-state index contributed by atoms with van der Waals surface area (Å²) in [7, 11) is 0. The summed E-state index contributed by atoms with van der Waals surface area (Å²) < 4.78 is 5.70. The molecule has 3 nitrogen and oxygen atoms in total. The van der Waals surface area contributed by atoms with Gasteiger partial charge in [-0.1, -0.05) is 0 Å². The molecule has 4 atom stereocenters. The van der Waals surface area contributed by atoms with E-state index in [1.165, 1.54) is 0 Å². The Hall–Kier alpha value is -0.120. The molecule has 0 radical (unpaired) electrons. The minimum absolute atomic E-state index is 0.508. The van der Waals surface area contributed by atoms with Gasteiger partial charge in [-0.05, 0) is 33.1 Å². The van der Waals surface area contributed by atoms with Crippen LogP contribution in [-0.2, 0) is 4.74 Å². The highest BCUT2D eigenvalue weighted by atomic mass is 16.6. The van der Waals surface area contributed by atoms with Crippen LogP contribution >= 0.6 is 0 Å². The SMILES string of the molecule is CC12CCC[C@](C)(O1)C(O)[C@@H]2O. The normalized spacial score (nSPS) is 59.0. The minimum Gasteiger partial charge on any atom is -0.387 e. The fraction of sp³-hybridized carbons (Fsp3) is 1.00. The lowest BCUT2D eigenvalue weighted by atomic mass is 9.94. The second-order valence-corrected chi connectivity index (χ2v) is 4.47. The molecule has 0 aromatic heterocycles. The first kappa shape index (κ1) is 8.48. The lowest BCUT2D eigenvalue weighted by Gasteiger charge is -2.36. The zero-order chi connectivity index (χ0) is 8.98. The molecule has 2 N–H and O–H groups in total. The molecule has 0 saturated carbocycles. The molecule has 0 aromatic rings. The van der Waals surface area contributed by atoms with Gasteiger partial charge in [0.1, 0.15) is 12.2 Å². The maximum atomic E-state index is 9.72. The highest BCUT2D eigenvalue weighted by Crippen LogP contribution is 2.47. The van der Waals surface area contributed by atoms with E-state index in [1.54, 1.807) is 0 Å². The first-order chi connectivity index (χ1) is 5.48. The highest BCUT2D eigenvalue weighted by Gasteiger charge is 2.59. The lowest BCUT2D eigenvalue weighted by molar-refractivity contribution is -0.146. The van der Waals surface area contributed by atoms with Crippen LogP contribution in [0, 0.1) is 0 Å². The Kier molecular flexibility index (Phi) is 1.57. The van der Waals surface area contributed by atoms with Gasteiger partial charge in [-0.3, -0.25) is 0 Å². The quantitative estimate of drug-likeness (QED) is 0.557. The van der Waals surface area contributed by atoms with E-state index in [0.717, 1.165) is 19.3 Å². The Morgan fingerprint density at radius 3 is 1.83 bits per heavy atom. The van der Waals surface area contributed by atoms with E-state index in [2.05, 4.69) is 0 Å². The minimum atomic E-state index is -0.718. The molecular weight excluding hydrogens is 156 g/mol. The van der Waals surface area contributed by atoms with Crippen molar-refractivity contribution in [1.29, 1.82) is 0 Å². The maximum Gasteiger partial charge on any atom is 0.111 e. The van der Waals surface area contributed by atoms with Crippen molar-refractivity contribution in [2.24, 2.45) is 0 Å². The van der Waals surface area contributed by atoms with Gasteiger partial charge in [-0.15, -0.1) is 0 Å². The van der Waals surface area contributed by atoms with Crippen LogP contribution in [0.2, 0.25) is 0 Å². The molecule has 2 fully saturated rings. The van der Waals surface area contributed by atoms with Gasteiger partial charge in [0.2, 0.25) is 0 Å². The van der Waals surface area contributed by atoms with E-state index in [0.29, 0.717) is 0 Å². The maximum absolute atomic E-state index is 9.72. The van der Waals surface area contributed by atoms with Gasteiger partial charge >= 0.3 is 0 Å². The predicted octanol–water partition coefficient (Wildman–Crippen LogP) is 0.440. The van der Waals surface area contributed by atoms with Crippen LogP contribution in [-0.4, -0.2) is 33.6 Å². The number of rotatable bonds is 0. The Bertz CT molecular complexity index is 186. The summed E-state index contributed by atoms with van der Waals surface area (Å²) in [6.45, 7) is 3.76. The molecule has 70 valence electrons. The molecule has 2 aliphatic heterocycles. The van der Waals surface area contributed by atoms with Crippen molar-refractivity contribution in [1.82, 2.24) is 0 Å². The van der Waals surface area contributed by atoms with Crippen LogP contribution in [0.3, 0.4) is 0 Å². The topological polar surface area (TPSA) is 49.7 Å². The first-order valence-electron chi connectivity index (χ1n) is 4.54. The van der Waals surface area contributed by atoms with Gasteiger partial charge in [-0.2, -0.15) is 0 Å². The summed E-state index contributed by atoms with van der Waals surface area (Å²) in [5, 5.41) is 19.4.